The maximum Gasteiger partial charge on any atom is 0.322 e. The summed E-state index contributed by atoms with van der Waals surface area (Å²) in [6.45, 7) is 1.40. The number of carbonyl (C=O) groups excluding carboxylic acids is 1. The maximum atomic E-state index is 14.2. The highest BCUT2D eigenvalue weighted by Gasteiger charge is 2.36. The van der Waals surface area contributed by atoms with Crippen molar-refractivity contribution in [1.29, 1.82) is 0 Å². The molecule has 2 unspecified atom stereocenters. The average Bonchev–Trinajstić information content (AvgIpc) is 2.97. The van der Waals surface area contributed by atoms with Crippen LogP contribution in [0.4, 0.5) is 13.2 Å². The molecule has 0 amide bonds. The molecule has 1 saturated heterocycles. The van der Waals surface area contributed by atoms with Crippen molar-refractivity contribution in [2.24, 2.45) is 0 Å². The van der Waals surface area contributed by atoms with E-state index < -0.39 is 35.0 Å². The van der Waals surface area contributed by atoms with Gasteiger partial charge in [0.2, 0.25) is 0 Å². The Morgan fingerprint density at radius 3 is 2.60 bits per heavy atom. The molecule has 0 aliphatic carbocycles. The molecular formula is C16H15F3N2O4. The van der Waals surface area contributed by atoms with Gasteiger partial charge in [0.15, 0.2) is 11.6 Å². The Labute approximate surface area is 140 Å². The van der Waals surface area contributed by atoms with Crippen LogP contribution in [-0.4, -0.2) is 22.7 Å². The Hall–Kier alpha value is -2.55. The number of hydrogen-bond acceptors (Lipinski definition) is 5. The summed E-state index contributed by atoms with van der Waals surface area (Å²) < 4.78 is 46.1. The van der Waals surface area contributed by atoms with Gasteiger partial charge in [0.1, 0.15) is 11.6 Å². The predicted molar refractivity (Wildman–Crippen MR) is 78.8 cm³/mol. The number of hydroxylamine groups is 2. The van der Waals surface area contributed by atoms with E-state index in [1.165, 1.54) is 18.1 Å². The van der Waals surface area contributed by atoms with Gasteiger partial charge >= 0.3 is 5.97 Å². The molecule has 2 aromatic rings. The molecule has 1 aromatic carbocycles. The molecule has 0 bridgehead atoms. The lowest BCUT2D eigenvalue weighted by Gasteiger charge is -2.37. The highest BCUT2D eigenvalue weighted by Crippen LogP contribution is 2.40. The maximum absolute atomic E-state index is 14.2. The molecule has 1 aliphatic rings. The number of nitrogens with zero attached hydrogens (tertiary/aromatic N) is 1. The topological polar surface area (TPSA) is 75.5 Å². The number of aromatic amines is 1. The van der Waals surface area contributed by atoms with Gasteiger partial charge in [-0.3, -0.25) is 9.59 Å². The number of aromatic nitrogens is 1. The van der Waals surface area contributed by atoms with E-state index >= 15 is 0 Å². The van der Waals surface area contributed by atoms with Gasteiger partial charge in [0.25, 0.3) is 5.56 Å². The first-order chi connectivity index (χ1) is 11.8. The summed E-state index contributed by atoms with van der Waals surface area (Å²) in [5.74, 6) is -3.96. The average molecular weight is 356 g/mol. The zero-order valence-electron chi connectivity index (χ0n) is 13.2. The number of rotatable bonds is 3. The second-order valence-electron chi connectivity index (χ2n) is 5.86. The van der Waals surface area contributed by atoms with E-state index in [9.17, 15) is 22.8 Å². The fourth-order valence-electron chi connectivity index (χ4n) is 3.05. The Morgan fingerprint density at radius 1 is 1.24 bits per heavy atom. The summed E-state index contributed by atoms with van der Waals surface area (Å²) >= 11 is 0. The molecule has 0 saturated carbocycles. The van der Waals surface area contributed by atoms with Crippen LogP contribution in [0.5, 0.6) is 0 Å². The van der Waals surface area contributed by atoms with Gasteiger partial charge in [0, 0.05) is 37.1 Å². The predicted octanol–water partition coefficient (Wildman–Crippen LogP) is 2.78. The van der Waals surface area contributed by atoms with Gasteiger partial charge < -0.3 is 9.36 Å². The molecule has 2 atom stereocenters. The molecule has 0 spiro atoms. The van der Waals surface area contributed by atoms with Crippen LogP contribution < -0.4 is 5.56 Å². The SMILES string of the molecule is CC(=O)ON1CCC(c2cc(=O)[nH]o2)CC1c1cc(F)c(F)cc1F. The third-order valence-corrected chi connectivity index (χ3v) is 4.14. The molecule has 134 valence electrons. The van der Waals surface area contributed by atoms with Crippen LogP contribution in [0.2, 0.25) is 0 Å². The van der Waals surface area contributed by atoms with Gasteiger partial charge in [-0.05, 0) is 18.9 Å². The van der Waals surface area contributed by atoms with Crippen molar-refractivity contribution in [2.45, 2.75) is 31.7 Å². The Morgan fingerprint density at radius 2 is 1.96 bits per heavy atom. The van der Waals surface area contributed by atoms with Crippen LogP contribution in [0.15, 0.2) is 27.5 Å². The second kappa shape index (κ2) is 6.75. The summed E-state index contributed by atoms with van der Waals surface area (Å²) in [6.07, 6.45) is 0.659. The first-order valence-corrected chi connectivity index (χ1v) is 7.63. The summed E-state index contributed by atoms with van der Waals surface area (Å²) in [5.41, 5.74) is -0.546. The smallest absolute Gasteiger partial charge is 0.322 e. The molecule has 0 radical (unpaired) electrons. The molecular weight excluding hydrogens is 341 g/mol. The van der Waals surface area contributed by atoms with Gasteiger partial charge in [-0.2, -0.15) is 5.16 Å². The Kier molecular flexibility index (Phi) is 4.67. The van der Waals surface area contributed by atoms with E-state index in [1.807, 2.05) is 0 Å². The van der Waals surface area contributed by atoms with Crippen molar-refractivity contribution in [1.82, 2.24) is 10.2 Å². The van der Waals surface area contributed by atoms with E-state index in [4.69, 9.17) is 9.36 Å². The molecule has 2 heterocycles. The zero-order chi connectivity index (χ0) is 18.1. The van der Waals surface area contributed by atoms with E-state index in [-0.39, 0.29) is 24.4 Å². The summed E-state index contributed by atoms with van der Waals surface area (Å²) in [5, 5.41) is 3.41. The quantitative estimate of drug-likeness (QED) is 0.856. The van der Waals surface area contributed by atoms with Crippen LogP contribution in [-0.2, 0) is 9.63 Å². The van der Waals surface area contributed by atoms with Crippen LogP contribution in [0.3, 0.4) is 0 Å². The number of nitrogens with one attached hydrogen (secondary N) is 1. The van der Waals surface area contributed by atoms with E-state index in [0.717, 1.165) is 6.07 Å². The van der Waals surface area contributed by atoms with Crippen molar-refractivity contribution < 1.29 is 27.3 Å². The number of hydrogen-bond donors (Lipinski definition) is 1. The van der Waals surface area contributed by atoms with Crippen molar-refractivity contribution >= 4 is 5.97 Å². The minimum Gasteiger partial charge on any atom is -0.383 e. The molecule has 1 N–H and O–H groups in total. The van der Waals surface area contributed by atoms with Crippen LogP contribution in [0.1, 0.15) is 43.0 Å². The van der Waals surface area contributed by atoms with Gasteiger partial charge in [-0.15, -0.1) is 5.06 Å². The lowest BCUT2D eigenvalue weighted by Crippen LogP contribution is -2.38. The van der Waals surface area contributed by atoms with Gasteiger partial charge in [0.05, 0.1) is 6.04 Å². The first kappa shape index (κ1) is 17.3. The molecule has 25 heavy (non-hydrogen) atoms. The number of halogens is 3. The van der Waals surface area contributed by atoms with E-state index in [0.29, 0.717) is 18.2 Å². The summed E-state index contributed by atoms with van der Waals surface area (Å²) in [4.78, 5) is 27.6. The lowest BCUT2D eigenvalue weighted by molar-refractivity contribution is -0.208. The number of H-pyrrole nitrogens is 1. The number of piperidine rings is 1. The molecule has 1 aromatic heterocycles. The van der Waals surface area contributed by atoms with Gasteiger partial charge in [-0.25, -0.2) is 13.2 Å². The van der Waals surface area contributed by atoms with E-state index in [1.54, 1.807) is 0 Å². The van der Waals surface area contributed by atoms with Gasteiger partial charge in [-0.1, -0.05) is 0 Å². The van der Waals surface area contributed by atoms with Crippen molar-refractivity contribution in [3.63, 3.8) is 0 Å². The van der Waals surface area contributed by atoms with Crippen LogP contribution in [0, 0.1) is 17.5 Å². The monoisotopic (exact) mass is 356 g/mol. The largest absolute Gasteiger partial charge is 0.383 e. The third-order valence-electron chi connectivity index (χ3n) is 4.14. The van der Waals surface area contributed by atoms with Crippen molar-refractivity contribution in [2.75, 3.05) is 6.54 Å². The minimum absolute atomic E-state index is 0.136. The fraction of sp³-hybridized carbons (Fsp3) is 0.375. The van der Waals surface area contributed by atoms with Crippen molar-refractivity contribution in [3.05, 3.63) is 57.3 Å². The zero-order valence-corrected chi connectivity index (χ0v) is 13.2. The standard InChI is InChI=1S/C16H15F3N2O4/c1-8(22)25-21-3-2-9(15-7-16(23)20-24-15)4-14(21)10-5-12(18)13(19)6-11(10)17/h5-7,9,14H,2-4H2,1H3,(H,20,23). The first-order valence-electron chi connectivity index (χ1n) is 7.63. The highest BCUT2D eigenvalue weighted by molar-refractivity contribution is 5.65. The fourth-order valence-corrected chi connectivity index (χ4v) is 3.05. The Bertz CT molecular complexity index is 848. The summed E-state index contributed by atoms with van der Waals surface area (Å²) in [6, 6.07) is 1.64. The van der Waals surface area contributed by atoms with Crippen LogP contribution in [0.25, 0.3) is 0 Å². The highest BCUT2D eigenvalue weighted by atomic mass is 19.2. The van der Waals surface area contributed by atoms with E-state index in [2.05, 4.69) is 5.16 Å². The molecule has 1 aliphatic heterocycles. The second-order valence-corrected chi connectivity index (χ2v) is 5.86. The molecule has 9 heteroatoms. The van der Waals surface area contributed by atoms with Crippen LogP contribution >= 0.6 is 0 Å². The lowest BCUT2D eigenvalue weighted by atomic mass is 9.86. The molecule has 1 fully saturated rings. The molecule has 6 nitrogen and oxygen atoms in total. The number of carbonyl (C=O) groups is 1. The molecule has 3 rings (SSSR count). The minimum atomic E-state index is -1.30. The third kappa shape index (κ3) is 3.60. The summed E-state index contributed by atoms with van der Waals surface area (Å²) in [7, 11) is 0. The van der Waals surface area contributed by atoms with Crippen molar-refractivity contribution in [3.8, 4) is 0 Å². The Balaban J connectivity index is 1.95. The normalized spacial score (nSPS) is 21.3. The number of benzene rings is 1.